The molecule has 0 atom stereocenters. The van der Waals surface area contributed by atoms with Gasteiger partial charge in [-0.15, -0.1) is 0 Å². The summed E-state index contributed by atoms with van der Waals surface area (Å²) >= 11 is 0. The fourth-order valence-electron chi connectivity index (χ4n) is 5.98. The van der Waals surface area contributed by atoms with Gasteiger partial charge < -0.3 is 10.2 Å². The number of hydrogen-bond donors (Lipinski definition) is 2. The van der Waals surface area contributed by atoms with Gasteiger partial charge in [-0.2, -0.15) is 0 Å². The molecule has 0 spiro atoms. The molecule has 0 bridgehead atoms. The Balaban J connectivity index is 2.52. The molecule has 2 aromatic rings. The van der Waals surface area contributed by atoms with Crippen molar-refractivity contribution in [2.45, 2.75) is 156 Å². The Morgan fingerprint density at radius 1 is 0.450 bits per heavy atom. The smallest absolute Gasteiger partial charge is 0.193 e. The summed E-state index contributed by atoms with van der Waals surface area (Å²) in [7, 11) is 0. The molecule has 2 N–H and O–H groups in total. The molecule has 0 saturated heterocycles. The van der Waals surface area contributed by atoms with Crippen LogP contribution in [0, 0.1) is 0 Å². The maximum Gasteiger partial charge on any atom is 0.193 e. The monoisotopic (exact) mass is 550 g/mol. The lowest BCUT2D eigenvalue weighted by atomic mass is 9.84. The van der Waals surface area contributed by atoms with E-state index in [4.69, 9.17) is 0 Å². The Morgan fingerprint density at radius 3 is 1.05 bits per heavy atom. The third-order valence-corrected chi connectivity index (χ3v) is 8.42. The molecule has 0 fully saturated rings. The Kier molecular flexibility index (Phi) is 16.7. The lowest BCUT2D eigenvalue weighted by Gasteiger charge is -2.20. The first-order valence-electron chi connectivity index (χ1n) is 16.7. The predicted molar refractivity (Wildman–Crippen MR) is 171 cm³/mol. The molecule has 0 amide bonds. The van der Waals surface area contributed by atoms with Crippen LogP contribution in [0.3, 0.4) is 0 Å². The molecular weight excluding hydrogens is 492 g/mol. The molecule has 0 aliphatic heterocycles. The van der Waals surface area contributed by atoms with E-state index >= 15 is 0 Å². The minimum Gasteiger partial charge on any atom is -0.508 e. The van der Waals surface area contributed by atoms with E-state index in [-0.39, 0.29) is 5.78 Å². The fourth-order valence-corrected chi connectivity index (χ4v) is 5.98. The van der Waals surface area contributed by atoms with E-state index in [1.807, 2.05) is 12.1 Å². The van der Waals surface area contributed by atoms with Crippen LogP contribution in [0.5, 0.6) is 11.5 Å². The van der Waals surface area contributed by atoms with Crippen molar-refractivity contribution in [1.82, 2.24) is 0 Å². The molecule has 2 aromatic carbocycles. The number of benzene rings is 2. The standard InChI is InChI=1S/C37H58O3/c1-5-9-13-17-21-29-31(23-19-15-11-7-3)35(38)27-25-33(29)37(40)34-26-28-36(39)32(24-20-16-12-8-4)30(34)22-18-14-10-6-2/h25-28,38-39H,5-24H2,1-4H3. The van der Waals surface area contributed by atoms with Crippen LogP contribution in [0.2, 0.25) is 0 Å². The number of phenols is 2. The molecule has 0 aromatic heterocycles. The minimum absolute atomic E-state index is 0.0561. The van der Waals surface area contributed by atoms with Crippen molar-refractivity contribution in [2.24, 2.45) is 0 Å². The fraction of sp³-hybridized carbons (Fsp3) is 0.649. The molecular formula is C37H58O3. The van der Waals surface area contributed by atoms with Crippen LogP contribution in [0.15, 0.2) is 24.3 Å². The van der Waals surface area contributed by atoms with Crippen LogP contribution >= 0.6 is 0 Å². The molecule has 40 heavy (non-hydrogen) atoms. The molecule has 0 heterocycles. The summed E-state index contributed by atoms with van der Waals surface area (Å²) in [5.41, 5.74) is 5.54. The van der Waals surface area contributed by atoms with Crippen molar-refractivity contribution in [3.63, 3.8) is 0 Å². The summed E-state index contributed by atoms with van der Waals surface area (Å²) in [6, 6.07) is 7.20. The SMILES string of the molecule is CCCCCCc1c(O)ccc(C(=O)c2ccc(O)c(CCCCCC)c2CCCCCC)c1CCCCCC. The molecule has 3 heteroatoms. The average Bonchev–Trinajstić information content (AvgIpc) is 2.95. The predicted octanol–water partition coefficient (Wildman–Crippen LogP) is 10.8. The first-order valence-corrected chi connectivity index (χ1v) is 16.7. The van der Waals surface area contributed by atoms with E-state index < -0.39 is 0 Å². The van der Waals surface area contributed by atoms with Crippen LogP contribution in [-0.2, 0) is 25.7 Å². The molecule has 0 aliphatic carbocycles. The summed E-state index contributed by atoms with van der Waals surface area (Å²) in [6.45, 7) is 8.86. The zero-order valence-electron chi connectivity index (χ0n) is 26.3. The summed E-state index contributed by atoms with van der Waals surface area (Å²) in [5.74, 6) is 0.724. The van der Waals surface area contributed by atoms with Crippen LogP contribution in [0.25, 0.3) is 0 Å². The molecule has 3 nitrogen and oxygen atoms in total. The second kappa shape index (κ2) is 19.7. The zero-order chi connectivity index (χ0) is 29.2. The van der Waals surface area contributed by atoms with Crippen LogP contribution in [0.4, 0.5) is 0 Å². The van der Waals surface area contributed by atoms with Crippen molar-refractivity contribution in [3.8, 4) is 11.5 Å². The second-order valence-electron chi connectivity index (χ2n) is 11.8. The summed E-state index contributed by atoms with van der Waals surface area (Å²) in [6.07, 6.45) is 21.4. The number of phenolic OH excluding ortho intramolecular Hbond substituents is 2. The zero-order valence-corrected chi connectivity index (χ0v) is 26.3. The first kappa shape index (κ1) is 33.9. The number of aromatic hydroxyl groups is 2. The summed E-state index contributed by atoms with van der Waals surface area (Å²) in [4.78, 5) is 14.4. The first-order chi connectivity index (χ1) is 19.5. The highest BCUT2D eigenvalue weighted by Crippen LogP contribution is 2.34. The highest BCUT2D eigenvalue weighted by Gasteiger charge is 2.23. The van der Waals surface area contributed by atoms with Crippen molar-refractivity contribution in [3.05, 3.63) is 57.6 Å². The van der Waals surface area contributed by atoms with Gasteiger partial charge in [-0.3, -0.25) is 4.79 Å². The highest BCUT2D eigenvalue weighted by atomic mass is 16.3. The summed E-state index contributed by atoms with van der Waals surface area (Å²) in [5, 5.41) is 21.9. The van der Waals surface area contributed by atoms with Gasteiger partial charge in [-0.25, -0.2) is 0 Å². The third kappa shape index (κ3) is 10.6. The van der Waals surface area contributed by atoms with Crippen molar-refractivity contribution in [1.29, 1.82) is 0 Å². The molecule has 0 unspecified atom stereocenters. The van der Waals surface area contributed by atoms with Gasteiger partial charge in [0.15, 0.2) is 5.78 Å². The van der Waals surface area contributed by atoms with Crippen LogP contribution in [-0.4, -0.2) is 16.0 Å². The molecule has 0 aliphatic rings. The van der Waals surface area contributed by atoms with Gasteiger partial charge in [0.25, 0.3) is 0 Å². The Bertz CT molecular complexity index is 927. The van der Waals surface area contributed by atoms with E-state index in [9.17, 15) is 15.0 Å². The Hall–Kier alpha value is -2.29. The Labute approximate surface area is 245 Å². The summed E-state index contributed by atoms with van der Waals surface area (Å²) < 4.78 is 0. The number of unbranched alkanes of at least 4 members (excludes halogenated alkanes) is 12. The normalized spacial score (nSPS) is 11.3. The van der Waals surface area contributed by atoms with Gasteiger partial charge in [-0.1, -0.05) is 105 Å². The number of ketones is 1. The third-order valence-electron chi connectivity index (χ3n) is 8.42. The average molecular weight is 551 g/mol. The molecule has 224 valence electrons. The largest absolute Gasteiger partial charge is 0.508 e. The lowest BCUT2D eigenvalue weighted by molar-refractivity contribution is 0.103. The maximum atomic E-state index is 14.4. The van der Waals surface area contributed by atoms with E-state index in [0.717, 1.165) is 110 Å². The van der Waals surface area contributed by atoms with Gasteiger partial charge in [0, 0.05) is 11.1 Å². The minimum atomic E-state index is 0.0561. The van der Waals surface area contributed by atoms with E-state index in [1.165, 1.54) is 51.4 Å². The molecule has 0 saturated carbocycles. The number of rotatable bonds is 22. The Morgan fingerprint density at radius 2 is 0.750 bits per heavy atom. The number of carbonyl (C=O) groups excluding carboxylic acids is 1. The second-order valence-corrected chi connectivity index (χ2v) is 11.8. The topological polar surface area (TPSA) is 57.5 Å². The molecule has 0 radical (unpaired) electrons. The molecule has 2 rings (SSSR count). The van der Waals surface area contributed by atoms with E-state index in [0.29, 0.717) is 11.5 Å². The van der Waals surface area contributed by atoms with Crippen molar-refractivity contribution >= 4 is 5.78 Å². The number of hydrogen-bond acceptors (Lipinski definition) is 3. The number of carbonyl (C=O) groups is 1. The van der Waals surface area contributed by atoms with Gasteiger partial charge in [0.1, 0.15) is 11.5 Å². The van der Waals surface area contributed by atoms with Gasteiger partial charge in [-0.05, 0) is 97.9 Å². The van der Waals surface area contributed by atoms with Crippen LogP contribution < -0.4 is 0 Å². The maximum absolute atomic E-state index is 14.4. The van der Waals surface area contributed by atoms with Gasteiger partial charge in [0.05, 0.1) is 0 Å². The van der Waals surface area contributed by atoms with Crippen molar-refractivity contribution < 1.29 is 15.0 Å². The lowest BCUT2D eigenvalue weighted by Crippen LogP contribution is -2.13. The highest BCUT2D eigenvalue weighted by molar-refractivity contribution is 6.11. The quantitative estimate of drug-likeness (QED) is 0.113. The van der Waals surface area contributed by atoms with E-state index in [2.05, 4.69) is 27.7 Å². The van der Waals surface area contributed by atoms with Crippen molar-refractivity contribution in [2.75, 3.05) is 0 Å². The van der Waals surface area contributed by atoms with Gasteiger partial charge >= 0.3 is 0 Å². The van der Waals surface area contributed by atoms with Gasteiger partial charge in [0.2, 0.25) is 0 Å². The van der Waals surface area contributed by atoms with Crippen LogP contribution in [0.1, 0.15) is 169 Å². The van der Waals surface area contributed by atoms with E-state index in [1.54, 1.807) is 12.1 Å².